The summed E-state index contributed by atoms with van der Waals surface area (Å²) in [6.07, 6.45) is 1.52. The number of benzene rings is 2. The van der Waals surface area contributed by atoms with Gasteiger partial charge in [0.15, 0.2) is 0 Å². The van der Waals surface area contributed by atoms with Gasteiger partial charge in [0, 0.05) is 5.56 Å². The van der Waals surface area contributed by atoms with Gasteiger partial charge >= 0.3 is 0 Å². The van der Waals surface area contributed by atoms with Gasteiger partial charge in [-0.25, -0.2) is 0 Å². The summed E-state index contributed by atoms with van der Waals surface area (Å²) in [7, 11) is 0. The topological polar surface area (TPSA) is 70.8 Å². The van der Waals surface area contributed by atoms with Gasteiger partial charge < -0.3 is 14.4 Å². The van der Waals surface area contributed by atoms with Crippen LogP contribution < -0.4 is 0 Å². The van der Waals surface area contributed by atoms with E-state index in [9.17, 15) is 14.7 Å². The Balaban J connectivity index is 1.86. The van der Waals surface area contributed by atoms with Gasteiger partial charge in [-0.2, -0.15) is 0 Å². The van der Waals surface area contributed by atoms with Crippen LogP contribution in [-0.2, 0) is 16.1 Å². The summed E-state index contributed by atoms with van der Waals surface area (Å²) in [6, 6.07) is 20.8. The summed E-state index contributed by atoms with van der Waals surface area (Å²) in [5.74, 6) is -0.961. The predicted octanol–water partition coefficient (Wildman–Crippen LogP) is 3.90. The van der Waals surface area contributed by atoms with E-state index in [0.29, 0.717) is 11.3 Å². The lowest BCUT2D eigenvalue weighted by atomic mass is 9.95. The second-order valence-corrected chi connectivity index (χ2v) is 6.28. The van der Waals surface area contributed by atoms with Crippen molar-refractivity contribution in [3.8, 4) is 0 Å². The van der Waals surface area contributed by atoms with Crippen LogP contribution in [0.3, 0.4) is 0 Å². The summed E-state index contributed by atoms with van der Waals surface area (Å²) in [5, 5.41) is 10.8. The summed E-state index contributed by atoms with van der Waals surface area (Å²) in [5.41, 5.74) is 1.33. The SMILES string of the molecule is O=C1C(=O)N(Cc2ccco2)[C@@H](c2ccccc2)C1=C(O)c1ccccc1. The van der Waals surface area contributed by atoms with Gasteiger partial charge in [0.1, 0.15) is 11.5 Å². The molecule has 2 heterocycles. The lowest BCUT2D eigenvalue weighted by Crippen LogP contribution is -2.29. The minimum Gasteiger partial charge on any atom is -0.507 e. The number of likely N-dealkylation sites (tertiary alicyclic amines) is 1. The molecular weight excluding hydrogens is 342 g/mol. The molecule has 1 aromatic heterocycles. The molecule has 5 heteroatoms. The first kappa shape index (κ1) is 16.8. The van der Waals surface area contributed by atoms with Gasteiger partial charge in [0.2, 0.25) is 0 Å². The fourth-order valence-electron chi connectivity index (χ4n) is 3.35. The van der Waals surface area contributed by atoms with Crippen molar-refractivity contribution in [2.45, 2.75) is 12.6 Å². The van der Waals surface area contributed by atoms with Crippen LogP contribution in [0.1, 0.15) is 22.9 Å². The van der Waals surface area contributed by atoms with Gasteiger partial charge in [0.05, 0.1) is 24.4 Å². The number of aliphatic hydroxyl groups excluding tert-OH is 1. The molecule has 1 amide bonds. The third kappa shape index (κ3) is 3.04. The molecule has 0 spiro atoms. The van der Waals surface area contributed by atoms with Crippen molar-refractivity contribution in [2.75, 3.05) is 0 Å². The molecule has 0 bridgehead atoms. The Morgan fingerprint density at radius 1 is 0.926 bits per heavy atom. The van der Waals surface area contributed by atoms with E-state index < -0.39 is 17.7 Å². The number of ketones is 1. The molecule has 1 saturated heterocycles. The zero-order valence-electron chi connectivity index (χ0n) is 14.4. The molecule has 0 radical (unpaired) electrons. The number of Topliss-reactive ketones (excluding diaryl/α,β-unsaturated/α-hetero) is 1. The average molecular weight is 359 g/mol. The van der Waals surface area contributed by atoms with E-state index in [-0.39, 0.29) is 17.9 Å². The molecule has 1 aliphatic heterocycles. The normalized spacial score (nSPS) is 18.8. The molecule has 5 nitrogen and oxygen atoms in total. The summed E-state index contributed by atoms with van der Waals surface area (Å²) in [6.45, 7) is 0.142. The van der Waals surface area contributed by atoms with E-state index in [1.165, 1.54) is 11.2 Å². The number of furan rings is 1. The van der Waals surface area contributed by atoms with Crippen molar-refractivity contribution < 1.29 is 19.1 Å². The van der Waals surface area contributed by atoms with E-state index in [2.05, 4.69) is 0 Å². The first-order chi connectivity index (χ1) is 13.2. The number of nitrogens with zero attached hydrogens (tertiary/aromatic N) is 1. The van der Waals surface area contributed by atoms with Crippen LogP contribution in [0.5, 0.6) is 0 Å². The Labute approximate surface area is 156 Å². The molecule has 1 N–H and O–H groups in total. The second kappa shape index (κ2) is 6.96. The number of amides is 1. The minimum absolute atomic E-state index is 0.0870. The molecule has 2 aromatic carbocycles. The maximum atomic E-state index is 12.8. The molecule has 134 valence electrons. The van der Waals surface area contributed by atoms with Crippen LogP contribution in [0.2, 0.25) is 0 Å². The van der Waals surface area contributed by atoms with Crippen molar-refractivity contribution >= 4 is 17.4 Å². The zero-order chi connectivity index (χ0) is 18.8. The second-order valence-electron chi connectivity index (χ2n) is 6.28. The van der Waals surface area contributed by atoms with Crippen LogP contribution in [0.15, 0.2) is 89.0 Å². The third-order valence-corrected chi connectivity index (χ3v) is 4.61. The molecule has 0 unspecified atom stereocenters. The molecule has 1 atom stereocenters. The summed E-state index contributed by atoms with van der Waals surface area (Å²) >= 11 is 0. The molecule has 3 aromatic rings. The molecule has 27 heavy (non-hydrogen) atoms. The van der Waals surface area contributed by atoms with Crippen molar-refractivity contribution in [2.24, 2.45) is 0 Å². The van der Waals surface area contributed by atoms with Crippen molar-refractivity contribution in [1.82, 2.24) is 4.90 Å². The van der Waals surface area contributed by atoms with E-state index >= 15 is 0 Å². The lowest BCUT2D eigenvalue weighted by molar-refractivity contribution is -0.140. The van der Waals surface area contributed by atoms with Crippen LogP contribution in [0.25, 0.3) is 5.76 Å². The lowest BCUT2D eigenvalue weighted by Gasteiger charge is -2.24. The van der Waals surface area contributed by atoms with E-state index in [0.717, 1.165) is 5.56 Å². The summed E-state index contributed by atoms with van der Waals surface area (Å²) in [4.78, 5) is 27.0. The summed E-state index contributed by atoms with van der Waals surface area (Å²) < 4.78 is 5.36. The monoisotopic (exact) mass is 359 g/mol. The first-order valence-electron chi connectivity index (χ1n) is 8.58. The van der Waals surface area contributed by atoms with Crippen LogP contribution >= 0.6 is 0 Å². The molecule has 1 aliphatic rings. The van der Waals surface area contributed by atoms with Crippen LogP contribution in [0.4, 0.5) is 0 Å². The number of aliphatic hydroxyl groups is 1. The number of carbonyl (C=O) groups is 2. The fraction of sp³-hybridized carbons (Fsp3) is 0.0909. The number of hydrogen-bond acceptors (Lipinski definition) is 4. The Kier molecular flexibility index (Phi) is 4.34. The Morgan fingerprint density at radius 3 is 2.22 bits per heavy atom. The van der Waals surface area contributed by atoms with Crippen LogP contribution in [-0.4, -0.2) is 21.7 Å². The number of carbonyl (C=O) groups excluding carboxylic acids is 2. The standard InChI is InChI=1S/C22H17NO4/c24-20(16-10-5-2-6-11-16)18-19(15-8-3-1-4-9-15)23(22(26)21(18)25)14-17-12-7-13-27-17/h1-13,19,24H,14H2/t19-/m0/s1. The molecule has 0 aliphatic carbocycles. The third-order valence-electron chi connectivity index (χ3n) is 4.61. The van der Waals surface area contributed by atoms with Crippen LogP contribution in [0, 0.1) is 0 Å². The predicted molar refractivity (Wildman–Crippen MR) is 99.4 cm³/mol. The highest BCUT2D eigenvalue weighted by atomic mass is 16.3. The van der Waals surface area contributed by atoms with Gasteiger partial charge in [-0.05, 0) is 17.7 Å². The van der Waals surface area contributed by atoms with Gasteiger partial charge in [-0.3, -0.25) is 9.59 Å². The van der Waals surface area contributed by atoms with Gasteiger partial charge in [-0.15, -0.1) is 0 Å². The highest BCUT2D eigenvalue weighted by Gasteiger charge is 2.46. The van der Waals surface area contributed by atoms with E-state index in [1.807, 2.05) is 36.4 Å². The molecule has 1 fully saturated rings. The van der Waals surface area contributed by atoms with Gasteiger partial charge in [-0.1, -0.05) is 60.7 Å². The van der Waals surface area contributed by atoms with Crippen molar-refractivity contribution in [3.05, 3.63) is 102 Å². The molecule has 4 rings (SSSR count). The fourth-order valence-corrected chi connectivity index (χ4v) is 3.35. The van der Waals surface area contributed by atoms with E-state index in [1.54, 1.807) is 36.4 Å². The van der Waals surface area contributed by atoms with Gasteiger partial charge in [0.25, 0.3) is 11.7 Å². The number of hydrogen-bond donors (Lipinski definition) is 1. The smallest absolute Gasteiger partial charge is 0.296 e. The Morgan fingerprint density at radius 2 is 1.59 bits per heavy atom. The Bertz CT molecular complexity index is 991. The highest BCUT2D eigenvalue weighted by molar-refractivity contribution is 6.46. The Hall–Kier alpha value is -3.60. The quantitative estimate of drug-likeness (QED) is 0.436. The maximum Gasteiger partial charge on any atom is 0.296 e. The largest absolute Gasteiger partial charge is 0.507 e. The van der Waals surface area contributed by atoms with Crippen molar-refractivity contribution in [1.29, 1.82) is 0 Å². The average Bonchev–Trinajstić information content (AvgIpc) is 3.31. The first-order valence-corrected chi connectivity index (χ1v) is 8.58. The highest BCUT2D eigenvalue weighted by Crippen LogP contribution is 2.40. The molecule has 0 saturated carbocycles. The zero-order valence-corrected chi connectivity index (χ0v) is 14.4. The number of rotatable bonds is 4. The van der Waals surface area contributed by atoms with E-state index in [4.69, 9.17) is 4.42 Å². The molecular formula is C22H17NO4. The maximum absolute atomic E-state index is 12.8. The van der Waals surface area contributed by atoms with Crippen molar-refractivity contribution in [3.63, 3.8) is 0 Å². The minimum atomic E-state index is -0.697.